The van der Waals surface area contributed by atoms with E-state index in [-0.39, 0.29) is 11.9 Å². The number of carbonyl (C=O) groups is 1. The number of hydrogen-bond donors (Lipinski definition) is 1. The second-order valence-corrected chi connectivity index (χ2v) is 4.80. The van der Waals surface area contributed by atoms with E-state index >= 15 is 0 Å². The van der Waals surface area contributed by atoms with Crippen LogP contribution in [0.25, 0.3) is 0 Å². The summed E-state index contributed by atoms with van der Waals surface area (Å²) < 4.78 is 10.3. The van der Waals surface area contributed by atoms with Gasteiger partial charge in [0.2, 0.25) is 0 Å². The van der Waals surface area contributed by atoms with Crippen molar-refractivity contribution in [2.24, 2.45) is 11.8 Å². The summed E-state index contributed by atoms with van der Waals surface area (Å²) in [6.45, 7) is 6.16. The normalized spacial score (nSPS) is 27.9. The topological polar surface area (TPSA) is 50.8 Å². The summed E-state index contributed by atoms with van der Waals surface area (Å²) >= 11 is 0. The van der Waals surface area contributed by atoms with Crippen molar-refractivity contribution in [1.29, 1.82) is 0 Å². The van der Waals surface area contributed by atoms with Crippen LogP contribution in [0, 0.1) is 11.8 Å². The maximum atomic E-state index is 11.9. The third kappa shape index (κ3) is 3.40. The highest BCUT2D eigenvalue weighted by molar-refractivity contribution is 5.73. The molecule has 2 atom stereocenters. The first-order valence-electron chi connectivity index (χ1n) is 6.40. The lowest BCUT2D eigenvalue weighted by Gasteiger charge is -2.31. The molecule has 0 saturated carbocycles. The lowest BCUT2D eigenvalue weighted by Crippen LogP contribution is -2.43. The van der Waals surface area contributed by atoms with Crippen molar-refractivity contribution in [3.63, 3.8) is 0 Å². The molecule has 98 valence electrons. The van der Waals surface area contributed by atoms with Gasteiger partial charge in [-0.15, -0.1) is 0 Å². The van der Waals surface area contributed by atoms with E-state index in [0.29, 0.717) is 5.92 Å². The van der Waals surface area contributed by atoms with Crippen LogP contribution in [0.5, 0.6) is 0 Å². The van der Waals surface area contributed by atoms with E-state index in [1.807, 2.05) is 0 Å². The van der Waals surface area contributed by atoms with Crippen molar-refractivity contribution in [2.75, 3.05) is 53.0 Å². The van der Waals surface area contributed by atoms with Gasteiger partial charge in [0.1, 0.15) is 0 Å². The van der Waals surface area contributed by atoms with E-state index in [1.54, 1.807) is 0 Å². The Hall–Kier alpha value is -0.650. The van der Waals surface area contributed by atoms with E-state index in [0.717, 1.165) is 52.4 Å². The molecular weight excluding hydrogens is 220 g/mol. The van der Waals surface area contributed by atoms with Gasteiger partial charge in [-0.05, 0) is 25.4 Å². The molecule has 2 unspecified atom stereocenters. The lowest BCUT2D eigenvalue weighted by atomic mass is 9.91. The van der Waals surface area contributed by atoms with Crippen molar-refractivity contribution in [3.05, 3.63) is 0 Å². The van der Waals surface area contributed by atoms with Crippen molar-refractivity contribution in [2.45, 2.75) is 6.42 Å². The largest absolute Gasteiger partial charge is 0.469 e. The predicted octanol–water partition coefficient (Wildman–Crippen LogP) is -0.283. The fourth-order valence-electron chi connectivity index (χ4n) is 2.65. The van der Waals surface area contributed by atoms with E-state index in [4.69, 9.17) is 9.47 Å². The zero-order chi connectivity index (χ0) is 12.1. The van der Waals surface area contributed by atoms with Crippen molar-refractivity contribution in [1.82, 2.24) is 10.2 Å². The first-order chi connectivity index (χ1) is 8.31. The van der Waals surface area contributed by atoms with Gasteiger partial charge in [0.15, 0.2) is 0 Å². The first-order valence-corrected chi connectivity index (χ1v) is 6.40. The van der Waals surface area contributed by atoms with Crippen LogP contribution in [0.2, 0.25) is 0 Å². The average molecular weight is 242 g/mol. The number of carbonyl (C=O) groups excluding carboxylic acids is 1. The van der Waals surface area contributed by atoms with E-state index in [9.17, 15) is 4.79 Å². The Kier molecular flexibility index (Phi) is 4.76. The summed E-state index contributed by atoms with van der Waals surface area (Å²) in [6.07, 6.45) is 1.07. The fraction of sp³-hybridized carbons (Fsp3) is 0.917. The highest BCUT2D eigenvalue weighted by Crippen LogP contribution is 2.22. The molecule has 2 fully saturated rings. The molecule has 2 aliphatic rings. The third-order valence-corrected chi connectivity index (χ3v) is 3.73. The van der Waals surface area contributed by atoms with Gasteiger partial charge in [-0.1, -0.05) is 0 Å². The summed E-state index contributed by atoms with van der Waals surface area (Å²) in [4.78, 5) is 14.2. The second kappa shape index (κ2) is 6.33. The van der Waals surface area contributed by atoms with Gasteiger partial charge in [-0.25, -0.2) is 0 Å². The summed E-state index contributed by atoms with van der Waals surface area (Å²) in [5, 5.41) is 3.32. The molecule has 0 amide bonds. The molecule has 0 bridgehead atoms. The van der Waals surface area contributed by atoms with E-state index in [2.05, 4.69) is 10.2 Å². The van der Waals surface area contributed by atoms with Crippen LogP contribution in [0.1, 0.15) is 6.42 Å². The minimum atomic E-state index is -0.0646. The number of hydrogen-bond acceptors (Lipinski definition) is 5. The maximum Gasteiger partial charge on any atom is 0.310 e. The Morgan fingerprint density at radius 1 is 1.53 bits per heavy atom. The van der Waals surface area contributed by atoms with Crippen molar-refractivity contribution >= 4 is 5.97 Å². The standard InChI is InChI=1S/C12H22N2O3/c1-16-12(15)11(10-2-3-13-8-10)9-14-4-6-17-7-5-14/h10-11,13H,2-9H2,1H3. The van der Waals surface area contributed by atoms with Gasteiger partial charge in [-0.3, -0.25) is 9.69 Å². The minimum absolute atomic E-state index is 0.00750. The summed E-state index contributed by atoms with van der Waals surface area (Å²) in [7, 11) is 1.48. The summed E-state index contributed by atoms with van der Waals surface area (Å²) in [5.74, 6) is 0.364. The predicted molar refractivity (Wildman–Crippen MR) is 63.7 cm³/mol. The molecule has 0 aliphatic carbocycles. The number of ether oxygens (including phenoxy) is 2. The molecule has 0 spiro atoms. The zero-order valence-corrected chi connectivity index (χ0v) is 10.5. The van der Waals surface area contributed by atoms with Gasteiger partial charge < -0.3 is 14.8 Å². The monoisotopic (exact) mass is 242 g/mol. The Labute approximate surface area is 102 Å². The van der Waals surface area contributed by atoms with Crippen LogP contribution in [-0.2, 0) is 14.3 Å². The van der Waals surface area contributed by atoms with Crippen LogP contribution < -0.4 is 5.32 Å². The van der Waals surface area contributed by atoms with E-state index < -0.39 is 0 Å². The van der Waals surface area contributed by atoms with Crippen molar-refractivity contribution < 1.29 is 14.3 Å². The number of methoxy groups -OCH3 is 1. The molecule has 17 heavy (non-hydrogen) atoms. The smallest absolute Gasteiger partial charge is 0.310 e. The van der Waals surface area contributed by atoms with E-state index in [1.165, 1.54) is 7.11 Å². The van der Waals surface area contributed by atoms with Gasteiger partial charge >= 0.3 is 5.97 Å². The number of nitrogens with zero attached hydrogens (tertiary/aromatic N) is 1. The first kappa shape index (κ1) is 12.8. The van der Waals surface area contributed by atoms with Crippen LogP contribution in [0.15, 0.2) is 0 Å². The number of rotatable bonds is 4. The highest BCUT2D eigenvalue weighted by Gasteiger charge is 2.33. The van der Waals surface area contributed by atoms with Gasteiger partial charge in [0, 0.05) is 19.6 Å². The molecule has 2 rings (SSSR count). The molecule has 0 aromatic heterocycles. The minimum Gasteiger partial charge on any atom is -0.469 e. The average Bonchev–Trinajstić information content (AvgIpc) is 2.90. The molecule has 1 N–H and O–H groups in total. The zero-order valence-electron chi connectivity index (χ0n) is 10.5. The Bertz CT molecular complexity index is 248. The SMILES string of the molecule is COC(=O)C(CN1CCOCC1)C1CCNC1. The molecule has 2 heterocycles. The molecule has 0 aromatic rings. The van der Waals surface area contributed by atoms with Crippen LogP contribution in [0.4, 0.5) is 0 Å². The number of morpholine rings is 1. The van der Waals surface area contributed by atoms with Gasteiger partial charge in [-0.2, -0.15) is 0 Å². The van der Waals surface area contributed by atoms with Crippen LogP contribution >= 0.6 is 0 Å². The number of esters is 1. The Balaban J connectivity index is 1.91. The lowest BCUT2D eigenvalue weighted by molar-refractivity contribution is -0.148. The summed E-state index contributed by atoms with van der Waals surface area (Å²) in [5.41, 5.74) is 0. The molecule has 5 nitrogen and oxygen atoms in total. The van der Waals surface area contributed by atoms with Gasteiger partial charge in [0.05, 0.1) is 26.2 Å². The van der Waals surface area contributed by atoms with Crippen LogP contribution in [-0.4, -0.2) is 63.9 Å². The molecule has 0 aromatic carbocycles. The summed E-state index contributed by atoms with van der Waals surface area (Å²) in [6, 6.07) is 0. The maximum absolute atomic E-state index is 11.9. The van der Waals surface area contributed by atoms with Gasteiger partial charge in [0.25, 0.3) is 0 Å². The molecule has 5 heteroatoms. The van der Waals surface area contributed by atoms with Crippen molar-refractivity contribution in [3.8, 4) is 0 Å². The molecule has 0 radical (unpaired) electrons. The molecular formula is C12H22N2O3. The quantitative estimate of drug-likeness (QED) is 0.687. The highest BCUT2D eigenvalue weighted by atomic mass is 16.5. The third-order valence-electron chi connectivity index (χ3n) is 3.73. The number of nitrogens with one attached hydrogen (secondary N) is 1. The fourth-order valence-corrected chi connectivity index (χ4v) is 2.65. The van der Waals surface area contributed by atoms with Crippen LogP contribution in [0.3, 0.4) is 0 Å². The second-order valence-electron chi connectivity index (χ2n) is 4.80. The molecule has 2 saturated heterocycles. The molecule has 2 aliphatic heterocycles. The Morgan fingerprint density at radius 3 is 2.88 bits per heavy atom. The Morgan fingerprint density at radius 2 is 2.29 bits per heavy atom.